The summed E-state index contributed by atoms with van der Waals surface area (Å²) < 4.78 is 35.0. The highest BCUT2D eigenvalue weighted by atomic mass is 32.2. The highest BCUT2D eigenvalue weighted by Gasteiger charge is 2.23. The highest BCUT2D eigenvalue weighted by molar-refractivity contribution is 7.90. The van der Waals surface area contributed by atoms with Crippen molar-refractivity contribution >= 4 is 27.4 Å². The first-order valence-electron chi connectivity index (χ1n) is 8.32. The number of amides is 1. The van der Waals surface area contributed by atoms with E-state index in [1.807, 2.05) is 0 Å². The normalized spacial score (nSPS) is 11.0. The van der Waals surface area contributed by atoms with Crippen molar-refractivity contribution in [3.8, 4) is 0 Å². The average molecular weight is 399 g/mol. The zero-order valence-corrected chi connectivity index (χ0v) is 15.5. The van der Waals surface area contributed by atoms with Crippen LogP contribution in [0.2, 0.25) is 0 Å². The van der Waals surface area contributed by atoms with Crippen LogP contribution >= 0.6 is 0 Å². The lowest BCUT2D eigenvalue weighted by Crippen LogP contribution is -2.21. The van der Waals surface area contributed by atoms with E-state index in [0.717, 1.165) is 0 Å². The Morgan fingerprint density at radius 1 is 0.929 bits per heavy atom. The Hall–Kier alpha value is -3.39. The molecule has 8 heteroatoms. The summed E-state index contributed by atoms with van der Waals surface area (Å²) in [6, 6.07) is 18.0. The lowest BCUT2D eigenvalue weighted by Gasteiger charge is -2.07. The van der Waals surface area contributed by atoms with E-state index in [1.54, 1.807) is 48.5 Å². The van der Waals surface area contributed by atoms with Crippen LogP contribution in [-0.4, -0.2) is 26.9 Å². The molecule has 1 aromatic heterocycles. The molecule has 0 fully saturated rings. The van der Waals surface area contributed by atoms with Gasteiger partial charge in [0.15, 0.2) is 16.4 Å². The molecule has 1 amide bonds. The number of esters is 1. The van der Waals surface area contributed by atoms with Gasteiger partial charge in [-0.2, -0.15) is 0 Å². The fraction of sp³-hybridized carbons (Fsp3) is 0.100. The van der Waals surface area contributed by atoms with Gasteiger partial charge in [0.05, 0.1) is 16.9 Å². The summed E-state index contributed by atoms with van der Waals surface area (Å²) in [6.07, 6.45) is 1.20. The van der Waals surface area contributed by atoms with E-state index in [2.05, 4.69) is 5.32 Å². The molecule has 7 nitrogen and oxygen atoms in total. The van der Waals surface area contributed by atoms with E-state index in [4.69, 9.17) is 9.15 Å². The van der Waals surface area contributed by atoms with E-state index >= 15 is 0 Å². The molecular weight excluding hydrogens is 382 g/mol. The number of sulfone groups is 1. The van der Waals surface area contributed by atoms with E-state index in [-0.39, 0.29) is 16.2 Å². The molecule has 1 heterocycles. The third-order valence-electron chi connectivity index (χ3n) is 3.77. The zero-order valence-electron chi connectivity index (χ0n) is 14.7. The molecule has 3 rings (SSSR count). The average Bonchev–Trinajstić information content (AvgIpc) is 3.15. The van der Waals surface area contributed by atoms with E-state index in [9.17, 15) is 18.0 Å². The van der Waals surface area contributed by atoms with Gasteiger partial charge < -0.3 is 14.5 Å². The number of rotatable bonds is 7. The fourth-order valence-electron chi connectivity index (χ4n) is 2.46. The minimum Gasteiger partial charge on any atom is -0.457 e. The van der Waals surface area contributed by atoms with Crippen molar-refractivity contribution in [3.63, 3.8) is 0 Å². The minimum absolute atomic E-state index is 0.137. The number of anilines is 1. The summed E-state index contributed by atoms with van der Waals surface area (Å²) in [5.74, 6) is -2.10. The Bertz CT molecular complexity index is 1060. The second kappa shape index (κ2) is 8.53. The molecule has 0 atom stereocenters. The maximum atomic E-state index is 12.5. The molecule has 0 radical (unpaired) electrons. The Morgan fingerprint density at radius 3 is 2.25 bits per heavy atom. The first-order valence-corrected chi connectivity index (χ1v) is 9.97. The van der Waals surface area contributed by atoms with Crippen LogP contribution in [0.15, 0.2) is 82.3 Å². The Labute approximate surface area is 161 Å². The minimum atomic E-state index is -3.66. The third-order valence-corrected chi connectivity index (χ3v) is 5.45. The summed E-state index contributed by atoms with van der Waals surface area (Å²) >= 11 is 0. The summed E-state index contributed by atoms with van der Waals surface area (Å²) in [6.45, 7) is -0.528. The molecule has 28 heavy (non-hydrogen) atoms. The Morgan fingerprint density at radius 2 is 1.57 bits per heavy atom. The first-order chi connectivity index (χ1) is 13.5. The van der Waals surface area contributed by atoms with Crippen molar-refractivity contribution in [1.82, 2.24) is 0 Å². The number of hydrogen-bond donors (Lipinski definition) is 1. The van der Waals surface area contributed by atoms with E-state index in [1.165, 1.54) is 24.5 Å². The molecule has 0 spiro atoms. The topological polar surface area (TPSA) is 103 Å². The van der Waals surface area contributed by atoms with Crippen LogP contribution in [0.4, 0.5) is 5.69 Å². The fourth-order valence-corrected chi connectivity index (χ4v) is 3.83. The SMILES string of the molecule is O=C(COC(=O)c1occc1CS(=O)(=O)c1ccccc1)Nc1ccccc1. The summed E-state index contributed by atoms with van der Waals surface area (Å²) in [5, 5.41) is 2.57. The maximum absolute atomic E-state index is 12.5. The summed E-state index contributed by atoms with van der Waals surface area (Å²) in [4.78, 5) is 24.2. The predicted molar refractivity (Wildman–Crippen MR) is 101 cm³/mol. The van der Waals surface area contributed by atoms with Crippen LogP contribution in [0.5, 0.6) is 0 Å². The van der Waals surface area contributed by atoms with Gasteiger partial charge in [-0.05, 0) is 30.3 Å². The van der Waals surface area contributed by atoms with Crippen LogP contribution in [0.25, 0.3) is 0 Å². The highest BCUT2D eigenvalue weighted by Crippen LogP contribution is 2.20. The van der Waals surface area contributed by atoms with Gasteiger partial charge in [0.25, 0.3) is 5.91 Å². The van der Waals surface area contributed by atoms with Crippen molar-refractivity contribution in [2.45, 2.75) is 10.6 Å². The van der Waals surface area contributed by atoms with Crippen molar-refractivity contribution in [2.24, 2.45) is 0 Å². The van der Waals surface area contributed by atoms with Gasteiger partial charge in [-0.1, -0.05) is 36.4 Å². The number of ether oxygens (including phenoxy) is 1. The van der Waals surface area contributed by atoms with Crippen LogP contribution in [0.1, 0.15) is 16.1 Å². The van der Waals surface area contributed by atoms with Crippen LogP contribution in [0, 0.1) is 0 Å². The summed E-state index contributed by atoms with van der Waals surface area (Å²) in [7, 11) is -3.66. The molecule has 0 unspecified atom stereocenters. The van der Waals surface area contributed by atoms with Gasteiger partial charge in [0.1, 0.15) is 0 Å². The largest absolute Gasteiger partial charge is 0.457 e. The molecule has 144 valence electrons. The van der Waals surface area contributed by atoms with Gasteiger partial charge in [0.2, 0.25) is 5.76 Å². The number of carbonyl (C=O) groups is 2. The van der Waals surface area contributed by atoms with Gasteiger partial charge in [0, 0.05) is 11.3 Å². The number of para-hydroxylation sites is 1. The molecule has 1 N–H and O–H groups in total. The van der Waals surface area contributed by atoms with Crippen molar-refractivity contribution < 1.29 is 27.2 Å². The second-order valence-electron chi connectivity index (χ2n) is 5.84. The molecular formula is C20H17NO6S. The molecule has 0 bridgehead atoms. The molecule has 0 saturated carbocycles. The number of nitrogens with one attached hydrogen (secondary N) is 1. The van der Waals surface area contributed by atoms with E-state index in [0.29, 0.717) is 5.69 Å². The lowest BCUT2D eigenvalue weighted by molar-refractivity contribution is -0.119. The molecule has 0 aliphatic carbocycles. The molecule has 0 aliphatic heterocycles. The summed E-state index contributed by atoms with van der Waals surface area (Å²) in [5.41, 5.74) is 0.730. The number of benzene rings is 2. The predicted octanol–water partition coefficient (Wildman–Crippen LogP) is 3.05. The quantitative estimate of drug-likeness (QED) is 0.613. The molecule has 2 aromatic carbocycles. The van der Waals surface area contributed by atoms with Crippen molar-refractivity contribution in [2.75, 3.05) is 11.9 Å². The van der Waals surface area contributed by atoms with Crippen molar-refractivity contribution in [1.29, 1.82) is 0 Å². The first kappa shape index (κ1) is 19.4. The van der Waals surface area contributed by atoms with Gasteiger partial charge in [-0.25, -0.2) is 13.2 Å². The maximum Gasteiger partial charge on any atom is 0.375 e. The zero-order chi connectivity index (χ0) is 20.0. The third kappa shape index (κ3) is 4.86. The van der Waals surface area contributed by atoms with Crippen LogP contribution in [0.3, 0.4) is 0 Å². The van der Waals surface area contributed by atoms with Gasteiger partial charge in [-0.3, -0.25) is 4.79 Å². The van der Waals surface area contributed by atoms with Gasteiger partial charge >= 0.3 is 5.97 Å². The standard InChI is InChI=1S/C20H17NO6S/c22-18(21-16-7-3-1-4-8-16)13-27-20(23)19-15(11-12-26-19)14-28(24,25)17-9-5-2-6-10-17/h1-12H,13-14H2,(H,21,22). The van der Waals surface area contributed by atoms with Crippen LogP contribution in [-0.2, 0) is 25.1 Å². The smallest absolute Gasteiger partial charge is 0.375 e. The number of hydrogen-bond acceptors (Lipinski definition) is 6. The molecule has 3 aromatic rings. The van der Waals surface area contributed by atoms with Crippen molar-refractivity contribution in [3.05, 3.63) is 84.3 Å². The number of carbonyl (C=O) groups excluding carboxylic acids is 2. The van der Waals surface area contributed by atoms with Gasteiger partial charge in [-0.15, -0.1) is 0 Å². The van der Waals surface area contributed by atoms with E-state index < -0.39 is 34.1 Å². The Balaban J connectivity index is 1.63. The van der Waals surface area contributed by atoms with Crippen LogP contribution < -0.4 is 5.32 Å². The Kier molecular flexibility index (Phi) is 5.90. The second-order valence-corrected chi connectivity index (χ2v) is 7.83. The number of furan rings is 1. The molecule has 0 saturated heterocycles. The monoisotopic (exact) mass is 399 g/mol. The molecule has 0 aliphatic rings. The lowest BCUT2D eigenvalue weighted by atomic mass is 10.3.